The molecule has 0 radical (unpaired) electrons. The number of hydrogen-bond donors (Lipinski definition) is 1. The number of carbonyl (C=O) groups excluding carboxylic acids is 1. The lowest BCUT2D eigenvalue weighted by Crippen LogP contribution is -2.12. The lowest BCUT2D eigenvalue weighted by molar-refractivity contribution is -0.137. The third-order valence-electron chi connectivity index (χ3n) is 5.45. The lowest BCUT2D eigenvalue weighted by atomic mass is 9.94. The number of aromatic nitrogens is 4. The molecule has 0 spiro atoms. The van der Waals surface area contributed by atoms with E-state index in [1.54, 1.807) is 25.4 Å². The molecular formula is C24H27N5O4. The van der Waals surface area contributed by atoms with Crippen LogP contribution in [0.1, 0.15) is 59.8 Å². The van der Waals surface area contributed by atoms with Crippen molar-refractivity contribution in [2.45, 2.75) is 45.6 Å². The highest BCUT2D eigenvalue weighted by molar-refractivity contribution is 6.09. The molecule has 3 aromatic rings. The molecule has 0 amide bonds. The van der Waals surface area contributed by atoms with Gasteiger partial charge in [-0.3, -0.25) is 9.59 Å². The highest BCUT2D eigenvalue weighted by Gasteiger charge is 2.24. The van der Waals surface area contributed by atoms with Gasteiger partial charge in [0.05, 0.1) is 12.2 Å². The maximum absolute atomic E-state index is 13.2. The number of rotatable bonds is 12. The number of aliphatic carboxylic acids is 1. The molecule has 1 atom stereocenters. The third-order valence-corrected chi connectivity index (χ3v) is 5.45. The number of ether oxygens (including phenoxy) is 1. The number of carboxylic acids is 1. The van der Waals surface area contributed by atoms with Crippen molar-refractivity contribution in [3.05, 3.63) is 53.4 Å². The smallest absolute Gasteiger partial charge is 0.303 e. The highest BCUT2D eigenvalue weighted by Crippen LogP contribution is 2.29. The van der Waals surface area contributed by atoms with E-state index in [0.29, 0.717) is 41.8 Å². The van der Waals surface area contributed by atoms with E-state index in [2.05, 4.69) is 21.0 Å². The molecule has 0 saturated heterocycles. The summed E-state index contributed by atoms with van der Waals surface area (Å²) in [5.41, 5.74) is 3.31. The van der Waals surface area contributed by atoms with Crippen LogP contribution in [0.2, 0.25) is 0 Å². The Morgan fingerprint density at radius 3 is 2.67 bits per heavy atom. The Morgan fingerprint density at radius 1 is 1.21 bits per heavy atom. The molecule has 9 heteroatoms. The van der Waals surface area contributed by atoms with Gasteiger partial charge in [0.2, 0.25) is 0 Å². The summed E-state index contributed by atoms with van der Waals surface area (Å²) in [5.74, 6) is -1.34. The van der Waals surface area contributed by atoms with Gasteiger partial charge >= 0.3 is 5.97 Å². The summed E-state index contributed by atoms with van der Waals surface area (Å²) in [6.45, 7) is 2.76. The molecule has 0 aliphatic rings. The van der Waals surface area contributed by atoms with Crippen molar-refractivity contribution in [1.82, 2.24) is 19.5 Å². The highest BCUT2D eigenvalue weighted by atomic mass is 16.5. The number of pyridine rings is 1. The minimum absolute atomic E-state index is 0.0721. The summed E-state index contributed by atoms with van der Waals surface area (Å²) in [6, 6.07) is 3.76. The van der Waals surface area contributed by atoms with Crippen LogP contribution in [0.3, 0.4) is 0 Å². The molecule has 3 heterocycles. The maximum Gasteiger partial charge on any atom is 0.303 e. The number of fused-ring (bicyclic) bond motifs is 1. The van der Waals surface area contributed by atoms with E-state index < -0.39 is 5.97 Å². The molecule has 9 nitrogen and oxygen atoms in total. The number of carboxylic acid groups (broad SMARTS) is 1. The number of ketones is 1. The second-order valence-corrected chi connectivity index (χ2v) is 8.17. The Balaban J connectivity index is 1.73. The van der Waals surface area contributed by atoms with Crippen molar-refractivity contribution in [3.63, 3.8) is 0 Å². The van der Waals surface area contributed by atoms with Gasteiger partial charge in [-0.2, -0.15) is 5.26 Å². The predicted molar refractivity (Wildman–Crippen MR) is 120 cm³/mol. The van der Waals surface area contributed by atoms with E-state index >= 15 is 0 Å². The van der Waals surface area contributed by atoms with Gasteiger partial charge < -0.3 is 14.4 Å². The molecule has 1 unspecified atom stereocenters. The van der Waals surface area contributed by atoms with Gasteiger partial charge in [0.15, 0.2) is 5.78 Å². The average molecular weight is 450 g/mol. The van der Waals surface area contributed by atoms with Gasteiger partial charge in [0, 0.05) is 67.3 Å². The molecule has 0 saturated carbocycles. The summed E-state index contributed by atoms with van der Waals surface area (Å²) in [4.78, 5) is 36.6. The first kappa shape index (κ1) is 24.0. The molecule has 0 aliphatic heterocycles. The van der Waals surface area contributed by atoms with Crippen molar-refractivity contribution in [1.29, 1.82) is 5.26 Å². The first-order valence-electron chi connectivity index (χ1n) is 10.8. The largest absolute Gasteiger partial charge is 0.481 e. The number of aryl methyl sites for hydroxylation is 1. The van der Waals surface area contributed by atoms with Gasteiger partial charge in [-0.1, -0.05) is 6.92 Å². The Bertz CT molecular complexity index is 1170. The molecule has 33 heavy (non-hydrogen) atoms. The Morgan fingerprint density at radius 2 is 1.97 bits per heavy atom. The molecule has 3 aromatic heterocycles. The van der Waals surface area contributed by atoms with Crippen molar-refractivity contribution in [2.24, 2.45) is 13.0 Å². The van der Waals surface area contributed by atoms with Crippen LogP contribution in [-0.4, -0.2) is 43.0 Å². The van der Waals surface area contributed by atoms with Crippen LogP contribution in [-0.2, 0) is 29.6 Å². The SMILES string of the molecule is CC(CC(=O)O)CC(=O)c1c(CCCCOCc2cncnc2)n(C)c2ncc(C#N)cc12. The predicted octanol–water partition coefficient (Wildman–Crippen LogP) is 3.46. The summed E-state index contributed by atoms with van der Waals surface area (Å²) in [7, 11) is 1.86. The zero-order chi connectivity index (χ0) is 23.8. The second kappa shape index (κ2) is 11.3. The molecule has 1 N–H and O–H groups in total. The van der Waals surface area contributed by atoms with Gasteiger partial charge in [-0.15, -0.1) is 0 Å². The first-order valence-corrected chi connectivity index (χ1v) is 10.8. The van der Waals surface area contributed by atoms with Crippen LogP contribution in [0.5, 0.6) is 0 Å². The van der Waals surface area contributed by atoms with Crippen LogP contribution in [0, 0.1) is 17.2 Å². The Kier molecular flexibility index (Phi) is 8.22. The molecule has 0 aliphatic carbocycles. The lowest BCUT2D eigenvalue weighted by Gasteiger charge is -2.10. The van der Waals surface area contributed by atoms with Crippen LogP contribution in [0.15, 0.2) is 31.0 Å². The second-order valence-electron chi connectivity index (χ2n) is 8.17. The topological polar surface area (TPSA) is 131 Å². The minimum atomic E-state index is -0.927. The fraction of sp³-hybridized carbons (Fsp3) is 0.417. The van der Waals surface area contributed by atoms with Crippen LogP contribution in [0.4, 0.5) is 0 Å². The van der Waals surface area contributed by atoms with Gasteiger partial charge in [-0.05, 0) is 31.2 Å². The van der Waals surface area contributed by atoms with Crippen molar-refractivity contribution in [3.8, 4) is 6.07 Å². The summed E-state index contributed by atoms with van der Waals surface area (Å²) in [6.07, 6.45) is 8.69. The zero-order valence-corrected chi connectivity index (χ0v) is 18.8. The average Bonchev–Trinajstić information content (AvgIpc) is 3.07. The number of nitriles is 1. The number of hydrogen-bond acceptors (Lipinski definition) is 7. The van der Waals surface area contributed by atoms with E-state index in [4.69, 9.17) is 9.84 Å². The Hall–Kier alpha value is -3.64. The van der Waals surface area contributed by atoms with Gasteiger partial charge in [-0.25, -0.2) is 15.0 Å². The van der Waals surface area contributed by atoms with E-state index in [9.17, 15) is 14.9 Å². The van der Waals surface area contributed by atoms with Crippen molar-refractivity contribution < 1.29 is 19.4 Å². The van der Waals surface area contributed by atoms with Gasteiger partial charge in [0.1, 0.15) is 18.0 Å². The third kappa shape index (κ3) is 6.20. The van der Waals surface area contributed by atoms with Crippen LogP contribution >= 0.6 is 0 Å². The quantitative estimate of drug-likeness (QED) is 0.328. The van der Waals surface area contributed by atoms with Crippen molar-refractivity contribution in [2.75, 3.05) is 6.61 Å². The standard InChI is InChI=1S/C24H27N5O4/c1-16(8-22(31)32)7-21(30)23-19-9-17(10-25)13-28-24(19)29(2)20(23)5-3-4-6-33-14-18-11-26-15-27-12-18/h9,11-13,15-16H,3-8,14H2,1-2H3,(H,31,32). The molecule has 3 rings (SSSR count). The van der Waals surface area contributed by atoms with Crippen LogP contribution < -0.4 is 0 Å². The number of Topliss-reactive ketones (excluding diaryl/α,β-unsaturated/α-hetero) is 1. The minimum Gasteiger partial charge on any atom is -0.481 e. The van der Waals surface area contributed by atoms with Gasteiger partial charge in [0.25, 0.3) is 0 Å². The fourth-order valence-electron chi connectivity index (χ4n) is 3.90. The normalized spacial score (nSPS) is 11.9. The fourth-order valence-corrected chi connectivity index (χ4v) is 3.90. The molecule has 172 valence electrons. The first-order chi connectivity index (χ1) is 15.9. The summed E-state index contributed by atoms with van der Waals surface area (Å²) < 4.78 is 7.58. The zero-order valence-electron chi connectivity index (χ0n) is 18.8. The summed E-state index contributed by atoms with van der Waals surface area (Å²) in [5, 5.41) is 19.0. The number of nitrogens with zero attached hydrogens (tertiary/aromatic N) is 5. The monoisotopic (exact) mass is 449 g/mol. The molecule has 0 fully saturated rings. The summed E-state index contributed by atoms with van der Waals surface area (Å²) >= 11 is 0. The van der Waals surface area contributed by atoms with Crippen molar-refractivity contribution >= 4 is 22.8 Å². The number of carbonyl (C=O) groups is 2. The molecule has 0 bridgehead atoms. The Labute approximate surface area is 192 Å². The van der Waals surface area contributed by atoms with E-state index in [1.807, 2.05) is 11.6 Å². The van der Waals surface area contributed by atoms with E-state index in [-0.39, 0.29) is 24.5 Å². The maximum atomic E-state index is 13.2. The molecule has 0 aromatic carbocycles. The number of unbranched alkanes of at least 4 members (excludes halogenated alkanes) is 1. The van der Waals surface area contributed by atoms with Crippen LogP contribution in [0.25, 0.3) is 11.0 Å². The van der Waals surface area contributed by atoms with E-state index in [1.165, 1.54) is 12.5 Å². The van der Waals surface area contributed by atoms with E-state index in [0.717, 1.165) is 24.1 Å². The molecular weight excluding hydrogens is 422 g/mol.